The van der Waals surface area contributed by atoms with Gasteiger partial charge in [0.25, 0.3) is 0 Å². The van der Waals surface area contributed by atoms with E-state index in [0.29, 0.717) is 0 Å². The van der Waals surface area contributed by atoms with Gasteiger partial charge in [0.15, 0.2) is 0 Å². The number of nitrogens with zero attached hydrogens (tertiary/aromatic N) is 1. The molecule has 3 N–H and O–H groups in total. The number of pyridine rings is 1. The molecule has 1 heterocycles. The van der Waals surface area contributed by atoms with Crippen LogP contribution in [0.15, 0.2) is 24.5 Å². The number of aromatic nitrogens is 1. The summed E-state index contributed by atoms with van der Waals surface area (Å²) < 4.78 is 0. The summed E-state index contributed by atoms with van der Waals surface area (Å²) in [5.74, 6) is -0.346. The van der Waals surface area contributed by atoms with E-state index < -0.39 is 0 Å². The Labute approximate surface area is 77.2 Å². The van der Waals surface area contributed by atoms with Gasteiger partial charge in [-0.25, -0.2) is 0 Å². The van der Waals surface area contributed by atoms with E-state index in [1.807, 2.05) is 19.1 Å². The summed E-state index contributed by atoms with van der Waals surface area (Å²) >= 11 is 0. The van der Waals surface area contributed by atoms with Crippen LogP contribution in [0.1, 0.15) is 18.5 Å². The van der Waals surface area contributed by atoms with Crippen LogP contribution in [0.2, 0.25) is 0 Å². The van der Waals surface area contributed by atoms with Crippen molar-refractivity contribution in [2.45, 2.75) is 13.0 Å². The Morgan fingerprint density at radius 1 is 1.62 bits per heavy atom. The second-order valence-corrected chi connectivity index (χ2v) is 2.85. The van der Waals surface area contributed by atoms with E-state index in [0.717, 1.165) is 5.56 Å². The smallest absolute Gasteiger partial charge is 0.231 e. The Bertz CT molecular complexity index is 273. The molecule has 0 aliphatic heterocycles. The van der Waals surface area contributed by atoms with Crippen LogP contribution in [-0.4, -0.2) is 17.4 Å². The van der Waals surface area contributed by atoms with Crippen LogP contribution >= 0.6 is 0 Å². The minimum atomic E-state index is -0.346. The molecule has 0 unspecified atom stereocenters. The van der Waals surface area contributed by atoms with E-state index in [1.54, 1.807) is 12.4 Å². The van der Waals surface area contributed by atoms with Crippen molar-refractivity contribution in [2.75, 3.05) is 6.54 Å². The lowest BCUT2D eigenvalue weighted by molar-refractivity contribution is -0.117. The van der Waals surface area contributed by atoms with Gasteiger partial charge in [-0.15, -0.1) is 0 Å². The number of nitrogens with one attached hydrogen (secondary N) is 1. The molecule has 0 aromatic carbocycles. The van der Waals surface area contributed by atoms with Gasteiger partial charge < -0.3 is 11.1 Å². The molecule has 1 rings (SSSR count). The summed E-state index contributed by atoms with van der Waals surface area (Å²) in [6.07, 6.45) is 3.44. The van der Waals surface area contributed by atoms with Gasteiger partial charge >= 0.3 is 0 Å². The monoisotopic (exact) mass is 179 g/mol. The first-order chi connectivity index (χ1) is 6.20. The number of rotatable bonds is 4. The van der Waals surface area contributed by atoms with E-state index in [-0.39, 0.29) is 18.5 Å². The first-order valence-corrected chi connectivity index (χ1v) is 4.12. The highest BCUT2D eigenvalue weighted by molar-refractivity contribution is 5.75. The minimum Gasteiger partial charge on any atom is -0.369 e. The van der Waals surface area contributed by atoms with Crippen molar-refractivity contribution in [3.63, 3.8) is 0 Å². The van der Waals surface area contributed by atoms with Crippen LogP contribution in [0.3, 0.4) is 0 Å². The maximum atomic E-state index is 10.5. The Morgan fingerprint density at radius 2 is 2.23 bits per heavy atom. The number of carbonyl (C=O) groups is 1. The number of hydrogen-bond donors (Lipinski definition) is 2. The third kappa shape index (κ3) is 3.21. The Balaban J connectivity index is 2.49. The van der Waals surface area contributed by atoms with E-state index in [4.69, 9.17) is 5.73 Å². The van der Waals surface area contributed by atoms with Crippen molar-refractivity contribution >= 4 is 5.91 Å². The quantitative estimate of drug-likeness (QED) is 0.694. The van der Waals surface area contributed by atoms with Gasteiger partial charge in [0, 0.05) is 18.4 Å². The fourth-order valence-corrected chi connectivity index (χ4v) is 1.02. The van der Waals surface area contributed by atoms with Gasteiger partial charge in [-0.05, 0) is 24.6 Å². The van der Waals surface area contributed by atoms with Crippen LogP contribution in [0.5, 0.6) is 0 Å². The average molecular weight is 179 g/mol. The van der Waals surface area contributed by atoms with Crippen molar-refractivity contribution in [1.82, 2.24) is 10.3 Å². The predicted octanol–water partition coefficient (Wildman–Crippen LogP) is 0.217. The normalized spacial score (nSPS) is 12.4. The topological polar surface area (TPSA) is 68.0 Å². The van der Waals surface area contributed by atoms with Crippen LogP contribution < -0.4 is 11.1 Å². The molecule has 1 atom stereocenters. The summed E-state index contributed by atoms with van der Waals surface area (Å²) in [6.45, 7) is 2.17. The molecule has 0 bridgehead atoms. The maximum absolute atomic E-state index is 10.5. The molecule has 1 aromatic rings. The molecule has 0 radical (unpaired) electrons. The first-order valence-electron chi connectivity index (χ1n) is 4.12. The van der Waals surface area contributed by atoms with Crippen LogP contribution in [0, 0.1) is 0 Å². The molecule has 0 saturated carbocycles. The van der Waals surface area contributed by atoms with Crippen LogP contribution in [0.4, 0.5) is 0 Å². The number of hydrogen-bond acceptors (Lipinski definition) is 3. The summed E-state index contributed by atoms with van der Waals surface area (Å²) in [7, 11) is 0. The molecule has 70 valence electrons. The first kappa shape index (κ1) is 9.67. The predicted molar refractivity (Wildman–Crippen MR) is 49.8 cm³/mol. The zero-order chi connectivity index (χ0) is 9.68. The third-order valence-corrected chi connectivity index (χ3v) is 1.79. The molecule has 1 amide bonds. The van der Waals surface area contributed by atoms with Gasteiger partial charge in [0.1, 0.15) is 0 Å². The van der Waals surface area contributed by atoms with Crippen molar-refractivity contribution in [1.29, 1.82) is 0 Å². The molecule has 13 heavy (non-hydrogen) atoms. The van der Waals surface area contributed by atoms with E-state index in [2.05, 4.69) is 10.3 Å². The number of nitrogens with two attached hydrogens (primary N) is 1. The molecule has 0 fully saturated rings. The van der Waals surface area contributed by atoms with Crippen LogP contribution in [0.25, 0.3) is 0 Å². The van der Waals surface area contributed by atoms with Gasteiger partial charge in [0.05, 0.1) is 6.54 Å². The highest BCUT2D eigenvalue weighted by Gasteiger charge is 2.04. The lowest BCUT2D eigenvalue weighted by atomic mass is 10.1. The molecule has 0 spiro atoms. The molecular weight excluding hydrogens is 166 g/mol. The highest BCUT2D eigenvalue weighted by atomic mass is 16.1. The number of primary amides is 1. The zero-order valence-corrected chi connectivity index (χ0v) is 7.53. The number of amides is 1. The third-order valence-electron chi connectivity index (χ3n) is 1.79. The largest absolute Gasteiger partial charge is 0.369 e. The van der Waals surface area contributed by atoms with Gasteiger partial charge in [-0.3, -0.25) is 9.78 Å². The molecule has 1 aromatic heterocycles. The van der Waals surface area contributed by atoms with Gasteiger partial charge in [0.2, 0.25) is 5.91 Å². The lowest BCUT2D eigenvalue weighted by Crippen LogP contribution is -2.30. The summed E-state index contributed by atoms with van der Waals surface area (Å²) in [5.41, 5.74) is 6.10. The van der Waals surface area contributed by atoms with E-state index in [1.165, 1.54) is 0 Å². The van der Waals surface area contributed by atoms with E-state index in [9.17, 15) is 4.79 Å². The maximum Gasteiger partial charge on any atom is 0.231 e. The Hall–Kier alpha value is -1.42. The summed E-state index contributed by atoms with van der Waals surface area (Å²) in [5, 5.41) is 3.00. The molecule has 0 aliphatic rings. The number of carbonyl (C=O) groups excluding carboxylic acids is 1. The standard InChI is InChI=1S/C9H13N3O/c1-7(12-6-9(10)13)8-2-4-11-5-3-8/h2-5,7,12H,6H2,1H3,(H2,10,13)/t7-/m0/s1. The fourth-order valence-electron chi connectivity index (χ4n) is 1.02. The van der Waals surface area contributed by atoms with Gasteiger partial charge in [-0.1, -0.05) is 0 Å². The average Bonchev–Trinajstić information content (AvgIpc) is 2.15. The minimum absolute atomic E-state index is 0.121. The van der Waals surface area contributed by atoms with E-state index >= 15 is 0 Å². The molecule has 0 aliphatic carbocycles. The molecular formula is C9H13N3O. The summed E-state index contributed by atoms with van der Waals surface area (Å²) in [4.78, 5) is 14.4. The second-order valence-electron chi connectivity index (χ2n) is 2.85. The van der Waals surface area contributed by atoms with Crippen LogP contribution in [-0.2, 0) is 4.79 Å². The SMILES string of the molecule is C[C@H](NCC(N)=O)c1ccncc1. The zero-order valence-electron chi connectivity index (χ0n) is 7.53. The van der Waals surface area contributed by atoms with Crippen molar-refractivity contribution < 1.29 is 4.79 Å². The Kier molecular flexibility index (Phi) is 3.40. The Morgan fingerprint density at radius 3 is 2.77 bits per heavy atom. The van der Waals surface area contributed by atoms with Crippen molar-refractivity contribution in [2.24, 2.45) is 5.73 Å². The fraction of sp³-hybridized carbons (Fsp3) is 0.333. The van der Waals surface area contributed by atoms with Crippen molar-refractivity contribution in [3.8, 4) is 0 Å². The molecule has 4 heteroatoms. The molecule has 0 saturated heterocycles. The molecule has 4 nitrogen and oxygen atoms in total. The second kappa shape index (κ2) is 4.57. The van der Waals surface area contributed by atoms with Crippen molar-refractivity contribution in [3.05, 3.63) is 30.1 Å². The van der Waals surface area contributed by atoms with Gasteiger partial charge in [-0.2, -0.15) is 0 Å². The lowest BCUT2D eigenvalue weighted by Gasteiger charge is -2.11. The summed E-state index contributed by atoms with van der Waals surface area (Å²) in [6, 6.07) is 3.92. The highest BCUT2D eigenvalue weighted by Crippen LogP contribution is 2.08.